The minimum Gasteiger partial charge on any atom is -0.497 e. The minimum atomic E-state index is -0.178. The maximum atomic E-state index is 6.50. The Balaban J connectivity index is 1.36. The molecule has 8 heteroatoms. The zero-order valence-corrected chi connectivity index (χ0v) is 21.4. The van der Waals surface area contributed by atoms with Crippen molar-refractivity contribution in [3.8, 4) is 28.9 Å². The summed E-state index contributed by atoms with van der Waals surface area (Å²) >= 11 is 0. The third-order valence-electron chi connectivity index (χ3n) is 7.01. The van der Waals surface area contributed by atoms with Crippen LogP contribution in [0.4, 0.5) is 0 Å². The monoisotopic (exact) mass is 516 g/mol. The van der Waals surface area contributed by atoms with Crippen LogP contribution in [-0.4, -0.2) is 33.8 Å². The molecule has 0 amide bonds. The summed E-state index contributed by atoms with van der Waals surface area (Å²) in [4.78, 5) is 9.56. The van der Waals surface area contributed by atoms with E-state index in [2.05, 4.69) is 46.5 Å². The van der Waals surface area contributed by atoms with Gasteiger partial charge in [0.15, 0.2) is 23.0 Å². The summed E-state index contributed by atoms with van der Waals surface area (Å²) in [5.74, 6) is 3.72. The Hall–Kier alpha value is -5.11. The van der Waals surface area contributed by atoms with Crippen molar-refractivity contribution in [2.45, 2.75) is 12.5 Å². The normalized spacial score (nSPS) is 13.9. The van der Waals surface area contributed by atoms with Crippen LogP contribution in [0.2, 0.25) is 0 Å². The predicted molar refractivity (Wildman–Crippen MR) is 146 cm³/mol. The van der Waals surface area contributed by atoms with Crippen LogP contribution in [0.1, 0.15) is 28.4 Å². The van der Waals surface area contributed by atoms with Gasteiger partial charge in [0.05, 0.1) is 19.8 Å². The molecule has 1 aliphatic rings. The van der Waals surface area contributed by atoms with E-state index in [0.717, 1.165) is 39.0 Å². The number of benzene rings is 4. The van der Waals surface area contributed by atoms with Gasteiger partial charge in [0, 0.05) is 16.9 Å². The molecule has 8 nitrogen and oxygen atoms in total. The average Bonchev–Trinajstić information content (AvgIpc) is 3.42. The number of ether oxygens (including phenoxy) is 4. The van der Waals surface area contributed by atoms with Gasteiger partial charge < -0.3 is 18.9 Å². The number of nitrogens with zero attached hydrogens (tertiary/aromatic N) is 4. The summed E-state index contributed by atoms with van der Waals surface area (Å²) in [6.45, 7) is 0.173. The second kappa shape index (κ2) is 9.33. The molecule has 0 aliphatic carbocycles. The highest BCUT2D eigenvalue weighted by Crippen LogP contribution is 2.50. The molecule has 0 radical (unpaired) electrons. The van der Waals surface area contributed by atoms with Gasteiger partial charge in [-0.3, -0.25) is 0 Å². The van der Waals surface area contributed by atoms with Crippen molar-refractivity contribution < 1.29 is 18.9 Å². The van der Waals surface area contributed by atoms with E-state index in [4.69, 9.17) is 23.9 Å². The quantitative estimate of drug-likeness (QED) is 0.262. The predicted octanol–water partition coefficient (Wildman–Crippen LogP) is 6.16. The molecule has 1 atom stereocenters. The van der Waals surface area contributed by atoms with Crippen LogP contribution in [0.25, 0.3) is 16.4 Å². The molecule has 7 rings (SSSR count). The van der Waals surface area contributed by atoms with Gasteiger partial charge in [0.2, 0.25) is 5.88 Å². The molecular weight excluding hydrogens is 492 g/mol. The number of hydrogen-bond donors (Lipinski definition) is 0. The Morgan fingerprint density at radius 2 is 1.64 bits per heavy atom. The summed E-state index contributed by atoms with van der Waals surface area (Å²) in [5.41, 5.74) is 3.62. The topological polar surface area (TPSA) is 80.0 Å². The second-order valence-electron chi connectivity index (χ2n) is 9.21. The van der Waals surface area contributed by atoms with Crippen molar-refractivity contribution in [2.24, 2.45) is 0 Å². The lowest BCUT2D eigenvalue weighted by molar-refractivity contribution is 0.276. The van der Waals surface area contributed by atoms with Crippen LogP contribution < -0.4 is 18.9 Å². The number of hydrogen-bond acceptors (Lipinski definition) is 7. The highest BCUT2D eigenvalue weighted by atomic mass is 16.5. The Kier molecular flexibility index (Phi) is 5.51. The highest BCUT2D eigenvalue weighted by Gasteiger charge is 2.34. The fourth-order valence-electron chi connectivity index (χ4n) is 5.18. The zero-order valence-electron chi connectivity index (χ0n) is 21.4. The van der Waals surface area contributed by atoms with Gasteiger partial charge in [-0.1, -0.05) is 60.7 Å². The first-order valence-electron chi connectivity index (χ1n) is 12.6. The lowest BCUT2D eigenvalue weighted by atomic mass is 9.83. The third-order valence-corrected chi connectivity index (χ3v) is 7.01. The summed E-state index contributed by atoms with van der Waals surface area (Å²) < 4.78 is 25.0. The zero-order chi connectivity index (χ0) is 26.3. The molecule has 0 N–H and O–H groups in total. The molecule has 1 unspecified atom stereocenters. The maximum absolute atomic E-state index is 6.50. The molecule has 0 fully saturated rings. The molecule has 0 spiro atoms. The second-order valence-corrected chi connectivity index (χ2v) is 9.21. The molecule has 1 aliphatic heterocycles. The van der Waals surface area contributed by atoms with Gasteiger partial charge in [0.25, 0.3) is 0 Å². The Labute approximate surface area is 224 Å². The van der Waals surface area contributed by atoms with Crippen molar-refractivity contribution in [1.29, 1.82) is 0 Å². The van der Waals surface area contributed by atoms with Crippen molar-refractivity contribution in [2.75, 3.05) is 14.2 Å². The number of aromatic nitrogens is 4. The van der Waals surface area contributed by atoms with Crippen LogP contribution in [0, 0.1) is 0 Å². The highest BCUT2D eigenvalue weighted by molar-refractivity contribution is 5.91. The molecule has 3 heterocycles. The first kappa shape index (κ1) is 23.0. The van der Waals surface area contributed by atoms with Crippen molar-refractivity contribution in [3.05, 3.63) is 114 Å². The Morgan fingerprint density at radius 1 is 0.846 bits per heavy atom. The van der Waals surface area contributed by atoms with Crippen LogP contribution in [0.3, 0.4) is 0 Å². The van der Waals surface area contributed by atoms with Gasteiger partial charge in [-0.25, -0.2) is 14.5 Å². The first-order chi connectivity index (χ1) is 19.2. The maximum Gasteiger partial charge on any atom is 0.228 e. The molecule has 192 valence electrons. The lowest BCUT2D eigenvalue weighted by Crippen LogP contribution is -2.15. The van der Waals surface area contributed by atoms with Crippen LogP contribution in [0.15, 0.2) is 91.3 Å². The molecule has 0 saturated carbocycles. The van der Waals surface area contributed by atoms with Gasteiger partial charge in [-0.15, -0.1) is 5.10 Å². The molecule has 0 bridgehead atoms. The third kappa shape index (κ3) is 3.88. The van der Waals surface area contributed by atoms with E-state index in [-0.39, 0.29) is 12.5 Å². The van der Waals surface area contributed by atoms with Gasteiger partial charge >= 0.3 is 0 Å². The van der Waals surface area contributed by atoms with Crippen molar-refractivity contribution >= 4 is 16.4 Å². The summed E-state index contributed by atoms with van der Waals surface area (Å²) in [6.07, 6.45) is 1.63. The smallest absolute Gasteiger partial charge is 0.228 e. The van der Waals surface area contributed by atoms with E-state index >= 15 is 0 Å². The fourth-order valence-corrected chi connectivity index (χ4v) is 5.18. The summed E-state index contributed by atoms with van der Waals surface area (Å²) in [5, 5.41) is 6.79. The molecule has 39 heavy (non-hydrogen) atoms. The van der Waals surface area contributed by atoms with Crippen LogP contribution >= 0.6 is 0 Å². The number of para-hydroxylation sites is 2. The van der Waals surface area contributed by atoms with E-state index in [1.807, 2.05) is 48.5 Å². The number of methoxy groups -OCH3 is 2. The first-order valence-corrected chi connectivity index (χ1v) is 12.6. The van der Waals surface area contributed by atoms with E-state index in [1.165, 1.54) is 0 Å². The van der Waals surface area contributed by atoms with E-state index < -0.39 is 0 Å². The fraction of sp³-hybridized carbons (Fsp3) is 0.129. The van der Waals surface area contributed by atoms with Gasteiger partial charge in [-0.05, 0) is 35.2 Å². The van der Waals surface area contributed by atoms with E-state index in [1.54, 1.807) is 25.1 Å². The van der Waals surface area contributed by atoms with Gasteiger partial charge in [-0.2, -0.15) is 0 Å². The molecule has 4 aromatic carbocycles. The number of rotatable bonds is 6. The molecule has 0 saturated heterocycles. The van der Waals surface area contributed by atoms with Crippen LogP contribution in [-0.2, 0) is 6.61 Å². The average molecular weight is 517 g/mol. The van der Waals surface area contributed by atoms with E-state index in [0.29, 0.717) is 28.9 Å². The SMILES string of the molecule is COc1ccc(C2c3ccc4ccccc4c3Oc3ncn4nc(COc5ccccc5OC)nc4c32)cc1. The van der Waals surface area contributed by atoms with E-state index in [9.17, 15) is 0 Å². The summed E-state index contributed by atoms with van der Waals surface area (Å²) in [7, 11) is 3.28. The Morgan fingerprint density at radius 3 is 2.46 bits per heavy atom. The summed E-state index contributed by atoms with van der Waals surface area (Å²) in [6, 6.07) is 28.0. The number of fused-ring (bicyclic) bond motifs is 6. The Bertz CT molecular complexity index is 1830. The van der Waals surface area contributed by atoms with Gasteiger partial charge in [0.1, 0.15) is 24.4 Å². The minimum absolute atomic E-state index is 0.173. The lowest BCUT2D eigenvalue weighted by Gasteiger charge is -2.28. The largest absolute Gasteiger partial charge is 0.497 e. The molecule has 6 aromatic rings. The molecule has 2 aromatic heterocycles. The molecular formula is C31H24N4O4. The van der Waals surface area contributed by atoms with Crippen molar-refractivity contribution in [3.63, 3.8) is 0 Å². The van der Waals surface area contributed by atoms with Crippen LogP contribution in [0.5, 0.6) is 28.9 Å². The van der Waals surface area contributed by atoms with Crippen molar-refractivity contribution in [1.82, 2.24) is 19.6 Å². The standard InChI is InChI=1S/C31H24N4O4/c1-36-21-14-11-20(12-15-21)27-23-16-13-19-7-3-4-8-22(19)29(23)39-31-28(27)30-33-26(34-35(30)18-32-31)17-38-25-10-6-5-9-24(25)37-2/h3-16,18,27H,17H2,1-2H3.